The van der Waals surface area contributed by atoms with Crippen molar-refractivity contribution in [1.82, 2.24) is 10.2 Å². The molecule has 32 heavy (non-hydrogen) atoms. The highest BCUT2D eigenvalue weighted by Gasteiger charge is 2.32. The molecule has 168 valence electrons. The quantitative estimate of drug-likeness (QED) is 0.384. The molecule has 1 aliphatic rings. The zero-order valence-corrected chi connectivity index (χ0v) is 20.7. The number of nitrogens with one attached hydrogen (secondary N) is 1. The number of thioether (sulfide) groups is 1. The van der Waals surface area contributed by atoms with E-state index in [2.05, 4.69) is 41.5 Å². The SMILES string of the molecule is Cc1ccc(Nc2nnc(SCC(=O)c3ccc4c(c3)C[C@H](C)N4S(C)(=O)=O)s2)cc1C. The van der Waals surface area contributed by atoms with E-state index in [0.29, 0.717) is 27.1 Å². The Morgan fingerprint density at radius 1 is 1.19 bits per heavy atom. The van der Waals surface area contributed by atoms with Crippen LogP contribution in [-0.2, 0) is 16.4 Å². The number of hydrogen-bond donors (Lipinski definition) is 1. The number of Topliss-reactive ketones (excluding diaryl/α,β-unsaturated/α-hetero) is 1. The molecule has 3 aromatic rings. The Kier molecular flexibility index (Phi) is 6.28. The van der Waals surface area contributed by atoms with Crippen LogP contribution in [0.3, 0.4) is 0 Å². The first-order valence-corrected chi connectivity index (χ1v) is 13.7. The van der Waals surface area contributed by atoms with Gasteiger partial charge in [0, 0.05) is 17.3 Å². The molecule has 1 aromatic heterocycles. The third kappa shape index (κ3) is 4.82. The van der Waals surface area contributed by atoms with Crippen molar-refractivity contribution in [2.45, 2.75) is 37.6 Å². The number of anilines is 3. The van der Waals surface area contributed by atoms with Crippen molar-refractivity contribution in [3.63, 3.8) is 0 Å². The monoisotopic (exact) mass is 488 g/mol. The first-order chi connectivity index (χ1) is 15.1. The lowest BCUT2D eigenvalue weighted by atomic mass is 10.0. The molecule has 4 rings (SSSR count). The van der Waals surface area contributed by atoms with Crippen LogP contribution in [0.5, 0.6) is 0 Å². The topological polar surface area (TPSA) is 92.3 Å². The van der Waals surface area contributed by atoms with Crippen LogP contribution < -0.4 is 9.62 Å². The first kappa shape index (κ1) is 22.8. The molecule has 1 N–H and O–H groups in total. The summed E-state index contributed by atoms with van der Waals surface area (Å²) >= 11 is 2.75. The number of fused-ring (bicyclic) bond motifs is 1. The fourth-order valence-corrected chi connectivity index (χ4v) is 6.68. The third-order valence-corrected chi connectivity index (χ3v) is 8.65. The second-order valence-electron chi connectivity index (χ2n) is 7.96. The lowest BCUT2D eigenvalue weighted by Gasteiger charge is -2.21. The van der Waals surface area contributed by atoms with E-state index in [4.69, 9.17) is 0 Å². The van der Waals surface area contributed by atoms with Gasteiger partial charge in [0.15, 0.2) is 10.1 Å². The number of hydrogen-bond acceptors (Lipinski definition) is 8. The number of nitrogens with zero attached hydrogens (tertiary/aromatic N) is 3. The van der Waals surface area contributed by atoms with E-state index in [-0.39, 0.29) is 17.6 Å². The van der Waals surface area contributed by atoms with Crippen LogP contribution in [0.2, 0.25) is 0 Å². The highest BCUT2D eigenvalue weighted by Crippen LogP contribution is 2.35. The van der Waals surface area contributed by atoms with Gasteiger partial charge in [0.25, 0.3) is 0 Å². The van der Waals surface area contributed by atoms with Crippen molar-refractivity contribution in [1.29, 1.82) is 0 Å². The van der Waals surface area contributed by atoms with Gasteiger partial charge in [0.05, 0.1) is 17.7 Å². The molecule has 0 amide bonds. The second-order valence-corrected chi connectivity index (χ2v) is 12.0. The summed E-state index contributed by atoms with van der Waals surface area (Å²) in [6.07, 6.45) is 1.81. The standard InChI is InChI=1S/C22H24N4O3S3/c1-13-5-7-18(9-14(13)2)23-21-24-25-22(31-21)30-12-20(27)16-6-8-19-17(11-16)10-15(3)26(19)32(4,28)29/h5-9,11,15H,10,12H2,1-4H3,(H,23,24)/t15-/m0/s1. The van der Waals surface area contributed by atoms with Gasteiger partial charge in [-0.15, -0.1) is 10.2 Å². The molecule has 0 unspecified atom stereocenters. The van der Waals surface area contributed by atoms with E-state index in [1.165, 1.54) is 44.8 Å². The lowest BCUT2D eigenvalue weighted by Crippen LogP contribution is -2.34. The predicted molar refractivity (Wildman–Crippen MR) is 131 cm³/mol. The van der Waals surface area contributed by atoms with Gasteiger partial charge in [-0.2, -0.15) is 0 Å². The number of ketones is 1. The van der Waals surface area contributed by atoms with Gasteiger partial charge in [-0.3, -0.25) is 9.10 Å². The molecular weight excluding hydrogens is 464 g/mol. The normalized spacial score (nSPS) is 15.6. The maximum absolute atomic E-state index is 12.7. The molecule has 2 heterocycles. The van der Waals surface area contributed by atoms with E-state index >= 15 is 0 Å². The number of carbonyl (C=O) groups is 1. The Balaban J connectivity index is 1.40. The highest BCUT2D eigenvalue weighted by molar-refractivity contribution is 8.01. The van der Waals surface area contributed by atoms with Crippen molar-refractivity contribution in [2.24, 2.45) is 0 Å². The summed E-state index contributed by atoms with van der Waals surface area (Å²) < 4.78 is 26.3. The van der Waals surface area contributed by atoms with Crippen molar-refractivity contribution >= 4 is 55.4 Å². The van der Waals surface area contributed by atoms with Crippen molar-refractivity contribution in [2.75, 3.05) is 21.6 Å². The van der Waals surface area contributed by atoms with Crippen molar-refractivity contribution in [3.8, 4) is 0 Å². The van der Waals surface area contributed by atoms with Gasteiger partial charge in [-0.05, 0) is 74.2 Å². The largest absolute Gasteiger partial charge is 0.330 e. The molecule has 0 spiro atoms. The van der Waals surface area contributed by atoms with E-state index in [0.717, 1.165) is 11.3 Å². The van der Waals surface area contributed by atoms with Crippen LogP contribution >= 0.6 is 23.1 Å². The van der Waals surface area contributed by atoms with E-state index in [1.807, 2.05) is 19.1 Å². The summed E-state index contributed by atoms with van der Waals surface area (Å²) in [4.78, 5) is 12.7. The average Bonchev–Trinajstić information content (AvgIpc) is 3.30. The average molecular weight is 489 g/mol. The van der Waals surface area contributed by atoms with Crippen molar-refractivity contribution in [3.05, 3.63) is 58.7 Å². The molecule has 0 saturated carbocycles. The summed E-state index contributed by atoms with van der Waals surface area (Å²) in [6, 6.07) is 11.2. The lowest BCUT2D eigenvalue weighted by molar-refractivity contribution is 0.102. The molecule has 7 nitrogen and oxygen atoms in total. The minimum Gasteiger partial charge on any atom is -0.330 e. The molecule has 0 saturated heterocycles. The minimum absolute atomic E-state index is 0.0258. The molecule has 0 aliphatic carbocycles. The van der Waals surface area contributed by atoms with Gasteiger partial charge in [-0.25, -0.2) is 8.42 Å². The number of sulfonamides is 1. The van der Waals surface area contributed by atoms with Gasteiger partial charge >= 0.3 is 0 Å². The summed E-state index contributed by atoms with van der Waals surface area (Å²) in [5.41, 5.74) is 5.50. The van der Waals surface area contributed by atoms with Gasteiger partial charge in [-0.1, -0.05) is 29.2 Å². The molecule has 0 bridgehead atoms. The zero-order valence-electron chi connectivity index (χ0n) is 18.2. The molecule has 0 fully saturated rings. The first-order valence-electron chi connectivity index (χ1n) is 10.1. The molecule has 1 aliphatic heterocycles. The van der Waals surface area contributed by atoms with Crippen LogP contribution in [-0.4, -0.2) is 42.4 Å². The number of carbonyl (C=O) groups excluding carboxylic acids is 1. The fourth-order valence-electron chi connectivity index (χ4n) is 3.75. The third-order valence-electron chi connectivity index (χ3n) is 5.40. The van der Waals surface area contributed by atoms with Crippen LogP contribution in [0, 0.1) is 13.8 Å². The highest BCUT2D eigenvalue weighted by atomic mass is 32.2. The Morgan fingerprint density at radius 2 is 1.97 bits per heavy atom. The molecule has 2 aromatic carbocycles. The molecular formula is C22H24N4O3S3. The maximum Gasteiger partial charge on any atom is 0.232 e. The molecule has 10 heteroatoms. The number of rotatable bonds is 7. The number of aryl methyl sites for hydroxylation is 2. The second kappa shape index (κ2) is 8.84. The van der Waals surface area contributed by atoms with Crippen LogP contribution in [0.4, 0.5) is 16.5 Å². The van der Waals surface area contributed by atoms with E-state index in [9.17, 15) is 13.2 Å². The van der Waals surface area contributed by atoms with Gasteiger partial charge in [0.1, 0.15) is 0 Å². The van der Waals surface area contributed by atoms with E-state index in [1.54, 1.807) is 12.1 Å². The molecule has 0 radical (unpaired) electrons. The van der Waals surface area contributed by atoms with Crippen LogP contribution in [0.15, 0.2) is 40.7 Å². The fraction of sp³-hybridized carbons (Fsp3) is 0.318. The van der Waals surface area contributed by atoms with Gasteiger partial charge in [0.2, 0.25) is 15.2 Å². The zero-order chi connectivity index (χ0) is 23.0. The Labute approximate surface area is 196 Å². The Hall–Kier alpha value is -2.43. The smallest absolute Gasteiger partial charge is 0.232 e. The van der Waals surface area contributed by atoms with Crippen LogP contribution in [0.1, 0.15) is 34.0 Å². The summed E-state index contributed by atoms with van der Waals surface area (Å²) in [6.45, 7) is 6.00. The minimum atomic E-state index is -3.34. The number of aromatic nitrogens is 2. The number of benzene rings is 2. The maximum atomic E-state index is 12.7. The Bertz CT molecular complexity index is 1290. The summed E-state index contributed by atoms with van der Waals surface area (Å²) in [7, 11) is -3.34. The summed E-state index contributed by atoms with van der Waals surface area (Å²) in [5, 5.41) is 12.3. The van der Waals surface area contributed by atoms with Crippen molar-refractivity contribution < 1.29 is 13.2 Å². The van der Waals surface area contributed by atoms with Gasteiger partial charge < -0.3 is 5.32 Å². The predicted octanol–water partition coefficient (Wildman–Crippen LogP) is 4.58. The Morgan fingerprint density at radius 3 is 2.69 bits per heavy atom. The van der Waals surface area contributed by atoms with Crippen LogP contribution in [0.25, 0.3) is 0 Å². The van der Waals surface area contributed by atoms with E-state index < -0.39 is 10.0 Å². The molecule has 1 atom stereocenters. The summed E-state index contributed by atoms with van der Waals surface area (Å²) in [5.74, 6) is 0.213.